The van der Waals surface area contributed by atoms with Crippen molar-refractivity contribution in [3.05, 3.63) is 94.8 Å². The van der Waals surface area contributed by atoms with E-state index in [0.717, 1.165) is 63.2 Å². The Labute approximate surface area is 214 Å². The van der Waals surface area contributed by atoms with Gasteiger partial charge in [-0.15, -0.1) is 0 Å². The highest BCUT2D eigenvalue weighted by molar-refractivity contribution is 5.98. The molecule has 36 heavy (non-hydrogen) atoms. The molecule has 0 aromatic heterocycles. The van der Waals surface area contributed by atoms with Crippen LogP contribution in [0.3, 0.4) is 0 Å². The lowest BCUT2D eigenvalue weighted by Crippen LogP contribution is -2.27. The topological polar surface area (TPSA) is 41.6 Å². The van der Waals surface area contributed by atoms with E-state index in [0.29, 0.717) is 0 Å². The molecule has 1 atom stereocenters. The Bertz CT molecular complexity index is 1150. The average Bonchev–Trinajstić information content (AvgIpc) is 3.31. The van der Waals surface area contributed by atoms with Gasteiger partial charge in [-0.1, -0.05) is 61.5 Å². The number of carbonyl (C=O) groups is 1. The summed E-state index contributed by atoms with van der Waals surface area (Å²) in [7, 11) is 0. The van der Waals surface area contributed by atoms with Gasteiger partial charge in [0.1, 0.15) is 5.82 Å². The van der Waals surface area contributed by atoms with Crippen molar-refractivity contribution in [2.75, 3.05) is 32.8 Å². The van der Waals surface area contributed by atoms with Gasteiger partial charge in [0.2, 0.25) is 0 Å². The summed E-state index contributed by atoms with van der Waals surface area (Å²) in [6.07, 6.45) is 2.97. The molecule has 0 radical (unpaired) electrons. The van der Waals surface area contributed by atoms with Gasteiger partial charge in [0, 0.05) is 32.3 Å². The second kappa shape index (κ2) is 12.9. The lowest BCUT2D eigenvalue weighted by atomic mass is 10.0. The van der Waals surface area contributed by atoms with Gasteiger partial charge in [-0.25, -0.2) is 4.39 Å². The molecule has 1 N–H and O–H groups in total. The minimum absolute atomic E-state index is 0.114. The van der Waals surface area contributed by atoms with Gasteiger partial charge in [0.25, 0.3) is 0 Å². The standard InChI is InChI=1S/C31H37FN2O2/c1-3-34(17-8-18-36-4-2)22-23-11-12-25-14-16-30(28(25)19-23)33-21-31(35)27-15-13-26(20-29(27)32)24-9-6-5-7-10-24/h5-7,9-13,15,19-20,30,33H,3-4,8,14,16-18,21-22H2,1-2H3. The first-order valence-corrected chi connectivity index (χ1v) is 13.1. The van der Waals surface area contributed by atoms with Crippen molar-refractivity contribution in [3.63, 3.8) is 0 Å². The van der Waals surface area contributed by atoms with Crippen LogP contribution in [0.1, 0.15) is 59.8 Å². The molecule has 0 heterocycles. The zero-order chi connectivity index (χ0) is 25.3. The summed E-state index contributed by atoms with van der Waals surface area (Å²) < 4.78 is 20.3. The number of ketones is 1. The normalized spacial score (nSPS) is 14.8. The number of ether oxygens (including phenoxy) is 1. The third-order valence-electron chi connectivity index (χ3n) is 6.99. The Kier molecular flexibility index (Phi) is 9.40. The molecule has 1 unspecified atom stereocenters. The van der Waals surface area contributed by atoms with E-state index in [-0.39, 0.29) is 23.9 Å². The van der Waals surface area contributed by atoms with Crippen LogP contribution < -0.4 is 5.32 Å². The van der Waals surface area contributed by atoms with Crippen molar-refractivity contribution in [3.8, 4) is 11.1 Å². The number of carbonyl (C=O) groups excluding carboxylic acids is 1. The van der Waals surface area contributed by atoms with Crippen molar-refractivity contribution in [2.24, 2.45) is 0 Å². The molecule has 1 aliphatic rings. The Morgan fingerprint density at radius 2 is 1.89 bits per heavy atom. The highest BCUT2D eigenvalue weighted by atomic mass is 19.1. The fraction of sp³-hybridized carbons (Fsp3) is 0.387. The predicted molar refractivity (Wildman–Crippen MR) is 144 cm³/mol. The fourth-order valence-electron chi connectivity index (χ4n) is 4.97. The van der Waals surface area contributed by atoms with Crippen LogP contribution in [-0.4, -0.2) is 43.5 Å². The first-order chi connectivity index (χ1) is 17.6. The van der Waals surface area contributed by atoms with Gasteiger partial charge in [-0.3, -0.25) is 9.69 Å². The largest absolute Gasteiger partial charge is 0.382 e. The van der Waals surface area contributed by atoms with Crippen LogP contribution in [0, 0.1) is 5.82 Å². The zero-order valence-corrected chi connectivity index (χ0v) is 21.4. The molecule has 0 spiro atoms. The third-order valence-corrected chi connectivity index (χ3v) is 6.99. The van der Waals surface area contributed by atoms with E-state index in [9.17, 15) is 9.18 Å². The molecule has 0 saturated carbocycles. The number of rotatable bonds is 13. The van der Waals surface area contributed by atoms with Crippen LogP contribution in [-0.2, 0) is 17.7 Å². The molecule has 0 saturated heterocycles. The maximum Gasteiger partial charge on any atom is 0.179 e. The van der Waals surface area contributed by atoms with Crippen LogP contribution in [0.5, 0.6) is 0 Å². The van der Waals surface area contributed by atoms with Gasteiger partial charge in [0.15, 0.2) is 5.78 Å². The first kappa shape index (κ1) is 26.2. The summed E-state index contributed by atoms with van der Waals surface area (Å²) in [6, 6.07) is 21.4. The molecular formula is C31H37FN2O2. The minimum atomic E-state index is -0.471. The predicted octanol–water partition coefficient (Wildman–Crippen LogP) is 6.20. The number of nitrogens with zero attached hydrogens (tertiary/aromatic N) is 1. The average molecular weight is 489 g/mol. The molecule has 3 aromatic rings. The second-order valence-corrected chi connectivity index (χ2v) is 9.41. The van der Waals surface area contributed by atoms with E-state index in [4.69, 9.17) is 4.74 Å². The van der Waals surface area contributed by atoms with Crippen LogP contribution >= 0.6 is 0 Å². The van der Waals surface area contributed by atoms with Gasteiger partial charge in [0.05, 0.1) is 12.1 Å². The lowest BCUT2D eigenvalue weighted by molar-refractivity contribution is 0.0983. The molecule has 0 fully saturated rings. The van der Waals surface area contributed by atoms with Crippen molar-refractivity contribution in [1.29, 1.82) is 0 Å². The van der Waals surface area contributed by atoms with E-state index in [2.05, 4.69) is 35.3 Å². The SMILES string of the molecule is CCOCCCN(CC)Cc1ccc2c(c1)C(NCC(=O)c1ccc(-c3ccccc3)cc1F)CC2. The summed E-state index contributed by atoms with van der Waals surface area (Å²) in [5, 5.41) is 3.41. The number of benzene rings is 3. The lowest BCUT2D eigenvalue weighted by Gasteiger charge is -2.21. The molecule has 0 bridgehead atoms. The molecule has 4 rings (SSSR count). The number of Topliss-reactive ketones (excluding diaryl/α,β-unsaturated/α-hetero) is 1. The van der Waals surface area contributed by atoms with Gasteiger partial charge in [-0.2, -0.15) is 0 Å². The van der Waals surface area contributed by atoms with Crippen LogP contribution in [0.15, 0.2) is 66.7 Å². The summed E-state index contributed by atoms with van der Waals surface area (Å²) in [5.41, 5.74) is 5.73. The molecular weight excluding hydrogens is 451 g/mol. The summed E-state index contributed by atoms with van der Waals surface area (Å²) in [6.45, 7) is 8.81. The molecule has 4 nitrogen and oxygen atoms in total. The molecule has 5 heteroatoms. The molecule has 0 amide bonds. The first-order valence-electron chi connectivity index (χ1n) is 13.1. The van der Waals surface area contributed by atoms with Crippen LogP contribution in [0.25, 0.3) is 11.1 Å². The van der Waals surface area contributed by atoms with E-state index in [1.165, 1.54) is 22.8 Å². The van der Waals surface area contributed by atoms with Gasteiger partial charge >= 0.3 is 0 Å². The number of nitrogens with one attached hydrogen (secondary N) is 1. The Morgan fingerprint density at radius 1 is 1.06 bits per heavy atom. The zero-order valence-electron chi connectivity index (χ0n) is 21.4. The number of fused-ring (bicyclic) bond motifs is 1. The Morgan fingerprint density at radius 3 is 2.64 bits per heavy atom. The smallest absolute Gasteiger partial charge is 0.179 e. The maximum absolute atomic E-state index is 14.8. The minimum Gasteiger partial charge on any atom is -0.382 e. The number of hydrogen-bond acceptors (Lipinski definition) is 4. The number of aryl methyl sites for hydroxylation is 1. The summed E-state index contributed by atoms with van der Waals surface area (Å²) in [4.78, 5) is 15.3. The monoisotopic (exact) mass is 488 g/mol. The molecule has 190 valence electrons. The number of hydrogen-bond donors (Lipinski definition) is 1. The van der Waals surface area contributed by atoms with Crippen LogP contribution in [0.4, 0.5) is 4.39 Å². The van der Waals surface area contributed by atoms with Crippen molar-refractivity contribution in [2.45, 2.75) is 45.7 Å². The molecule has 1 aliphatic carbocycles. The van der Waals surface area contributed by atoms with E-state index >= 15 is 0 Å². The van der Waals surface area contributed by atoms with Gasteiger partial charge in [-0.05, 0) is 72.7 Å². The van der Waals surface area contributed by atoms with Crippen molar-refractivity contribution in [1.82, 2.24) is 10.2 Å². The molecule has 0 aliphatic heterocycles. The molecule has 3 aromatic carbocycles. The quantitative estimate of drug-likeness (QED) is 0.230. The Balaban J connectivity index is 1.36. The van der Waals surface area contributed by atoms with Crippen molar-refractivity contribution >= 4 is 5.78 Å². The summed E-state index contributed by atoms with van der Waals surface area (Å²) in [5.74, 6) is -0.690. The highest BCUT2D eigenvalue weighted by Crippen LogP contribution is 2.32. The van der Waals surface area contributed by atoms with E-state index < -0.39 is 5.82 Å². The van der Waals surface area contributed by atoms with E-state index in [1.807, 2.05) is 43.3 Å². The Hall–Kier alpha value is -2.86. The van der Waals surface area contributed by atoms with Crippen molar-refractivity contribution < 1.29 is 13.9 Å². The van der Waals surface area contributed by atoms with Gasteiger partial charge < -0.3 is 10.1 Å². The van der Waals surface area contributed by atoms with E-state index in [1.54, 1.807) is 6.07 Å². The van der Waals surface area contributed by atoms with Crippen LogP contribution in [0.2, 0.25) is 0 Å². The fourth-order valence-corrected chi connectivity index (χ4v) is 4.97. The third kappa shape index (κ3) is 6.67. The maximum atomic E-state index is 14.8. The second-order valence-electron chi connectivity index (χ2n) is 9.41. The highest BCUT2D eigenvalue weighted by Gasteiger charge is 2.24. The number of halogens is 1. The summed E-state index contributed by atoms with van der Waals surface area (Å²) >= 11 is 0.